The van der Waals surface area contributed by atoms with E-state index in [-0.39, 0.29) is 11.6 Å². The molecule has 0 bridgehead atoms. The van der Waals surface area contributed by atoms with Gasteiger partial charge in [0.25, 0.3) is 11.8 Å². The fraction of sp³-hybridized carbons (Fsp3) is 0.214. The summed E-state index contributed by atoms with van der Waals surface area (Å²) in [6.45, 7) is 7.40. The predicted octanol–water partition coefficient (Wildman–Crippen LogP) is 5.24. The van der Waals surface area contributed by atoms with Crippen molar-refractivity contribution in [1.82, 2.24) is 14.7 Å². The second kappa shape index (κ2) is 9.32. The Morgan fingerprint density at radius 3 is 2.32 bits per heavy atom. The molecule has 1 aromatic heterocycles. The number of carbonyl (C=O) groups is 2. The van der Waals surface area contributed by atoms with Gasteiger partial charge in [0.15, 0.2) is 0 Å². The molecule has 2 aromatic carbocycles. The van der Waals surface area contributed by atoms with E-state index in [1.807, 2.05) is 87.6 Å². The van der Waals surface area contributed by atoms with Crippen LogP contribution in [0.3, 0.4) is 0 Å². The first-order chi connectivity index (χ1) is 16.3. The van der Waals surface area contributed by atoms with E-state index in [1.165, 1.54) is 4.90 Å². The van der Waals surface area contributed by atoms with E-state index < -0.39 is 11.8 Å². The second-order valence-electron chi connectivity index (χ2n) is 8.49. The van der Waals surface area contributed by atoms with E-state index >= 15 is 0 Å². The van der Waals surface area contributed by atoms with Crippen LogP contribution in [0.5, 0.6) is 0 Å². The van der Waals surface area contributed by atoms with Crippen molar-refractivity contribution in [2.45, 2.75) is 40.2 Å². The normalized spacial score (nSPS) is 16.2. The lowest BCUT2D eigenvalue weighted by Crippen LogP contribution is -2.47. The standard InChI is InChI=1S/C28H26N4O2/c1-5-19(3)32-27(33)24(20(4)25(16-29)28(32)34)15-22-17-31(23-9-7-6-8-10-23)30-26(22)21-13-11-18(2)12-14-21/h6-15,17,19H,5H2,1-4H3/b24-15+. The summed E-state index contributed by atoms with van der Waals surface area (Å²) < 4.78 is 1.77. The zero-order valence-electron chi connectivity index (χ0n) is 19.7. The van der Waals surface area contributed by atoms with Crippen molar-refractivity contribution >= 4 is 17.9 Å². The van der Waals surface area contributed by atoms with Crippen LogP contribution in [-0.2, 0) is 9.59 Å². The number of imide groups is 1. The van der Waals surface area contributed by atoms with Crippen molar-refractivity contribution in [2.75, 3.05) is 0 Å². The van der Waals surface area contributed by atoms with Crippen LogP contribution in [0, 0.1) is 18.3 Å². The topological polar surface area (TPSA) is 79.0 Å². The lowest BCUT2D eigenvalue weighted by atomic mass is 9.92. The molecule has 0 saturated heterocycles. The van der Waals surface area contributed by atoms with Gasteiger partial charge in [-0.15, -0.1) is 0 Å². The molecule has 0 saturated carbocycles. The molecule has 2 amide bonds. The number of nitrogens with zero attached hydrogens (tertiary/aromatic N) is 4. The SMILES string of the molecule is CCC(C)N1C(=O)C(C#N)=C(C)/C(=C\c2cn(-c3ccccc3)nc2-c2ccc(C)cc2)C1=O. The summed E-state index contributed by atoms with van der Waals surface area (Å²) in [6.07, 6.45) is 4.22. The number of rotatable bonds is 5. The van der Waals surface area contributed by atoms with Crippen molar-refractivity contribution in [2.24, 2.45) is 0 Å². The third-order valence-corrected chi connectivity index (χ3v) is 6.19. The third kappa shape index (κ3) is 4.08. The number of aromatic nitrogens is 2. The van der Waals surface area contributed by atoms with Gasteiger partial charge in [-0.1, -0.05) is 55.0 Å². The van der Waals surface area contributed by atoms with Gasteiger partial charge in [-0.05, 0) is 51.0 Å². The lowest BCUT2D eigenvalue weighted by Gasteiger charge is -2.31. The Kier molecular flexibility index (Phi) is 6.29. The molecule has 4 rings (SSSR count). The van der Waals surface area contributed by atoms with Crippen molar-refractivity contribution < 1.29 is 9.59 Å². The van der Waals surface area contributed by atoms with Crippen LogP contribution in [0.4, 0.5) is 0 Å². The summed E-state index contributed by atoms with van der Waals surface area (Å²) in [5, 5.41) is 14.5. The minimum Gasteiger partial charge on any atom is -0.271 e. The number of hydrogen-bond donors (Lipinski definition) is 0. The number of benzene rings is 2. The molecule has 170 valence electrons. The quantitative estimate of drug-likeness (QED) is 0.393. The molecule has 0 radical (unpaired) electrons. The first-order valence-electron chi connectivity index (χ1n) is 11.3. The molecule has 6 heteroatoms. The number of nitriles is 1. The van der Waals surface area contributed by atoms with Gasteiger partial charge in [0.05, 0.1) is 11.4 Å². The average Bonchev–Trinajstić information content (AvgIpc) is 3.27. The van der Waals surface area contributed by atoms with E-state index in [0.717, 1.165) is 22.4 Å². The third-order valence-electron chi connectivity index (χ3n) is 6.19. The highest BCUT2D eigenvalue weighted by Crippen LogP contribution is 2.32. The molecule has 0 spiro atoms. The first kappa shape index (κ1) is 22.9. The van der Waals surface area contributed by atoms with Gasteiger partial charge in [0.2, 0.25) is 0 Å². The van der Waals surface area contributed by atoms with E-state index in [4.69, 9.17) is 5.10 Å². The minimum absolute atomic E-state index is 0.00140. The van der Waals surface area contributed by atoms with Gasteiger partial charge >= 0.3 is 0 Å². The lowest BCUT2D eigenvalue weighted by molar-refractivity contribution is -0.142. The Morgan fingerprint density at radius 1 is 1.03 bits per heavy atom. The van der Waals surface area contributed by atoms with Crippen LogP contribution >= 0.6 is 0 Å². The summed E-state index contributed by atoms with van der Waals surface area (Å²) >= 11 is 0. The molecule has 6 nitrogen and oxygen atoms in total. The van der Waals surface area contributed by atoms with E-state index in [0.29, 0.717) is 23.3 Å². The molecule has 1 aliphatic rings. The predicted molar refractivity (Wildman–Crippen MR) is 132 cm³/mol. The molecule has 34 heavy (non-hydrogen) atoms. The summed E-state index contributed by atoms with van der Waals surface area (Å²) in [4.78, 5) is 27.5. The highest BCUT2D eigenvalue weighted by Gasteiger charge is 2.37. The summed E-state index contributed by atoms with van der Waals surface area (Å²) in [5.41, 5.74) is 5.09. The van der Waals surface area contributed by atoms with Crippen LogP contribution in [-0.4, -0.2) is 32.5 Å². The molecule has 0 N–H and O–H groups in total. The van der Waals surface area contributed by atoms with Crippen LogP contribution in [0.2, 0.25) is 0 Å². The molecule has 3 aromatic rings. The van der Waals surface area contributed by atoms with Gasteiger partial charge < -0.3 is 0 Å². The maximum atomic E-state index is 13.4. The highest BCUT2D eigenvalue weighted by molar-refractivity contribution is 6.20. The Hall–Kier alpha value is -4.24. The monoisotopic (exact) mass is 450 g/mol. The first-order valence-corrected chi connectivity index (χ1v) is 11.3. The Morgan fingerprint density at radius 2 is 1.71 bits per heavy atom. The molecule has 1 atom stereocenters. The van der Waals surface area contributed by atoms with Gasteiger partial charge in [-0.25, -0.2) is 4.68 Å². The summed E-state index contributed by atoms with van der Waals surface area (Å²) in [5.74, 6) is -0.923. The zero-order chi connectivity index (χ0) is 24.4. The molecule has 0 aliphatic carbocycles. The van der Waals surface area contributed by atoms with E-state index in [9.17, 15) is 14.9 Å². The molecule has 2 heterocycles. The molecule has 1 aliphatic heterocycles. The Bertz CT molecular complexity index is 1360. The van der Waals surface area contributed by atoms with Crippen molar-refractivity contribution in [3.8, 4) is 23.0 Å². The van der Waals surface area contributed by atoms with Crippen LogP contribution in [0.15, 0.2) is 77.5 Å². The molecule has 0 fully saturated rings. The van der Waals surface area contributed by atoms with Crippen LogP contribution in [0.25, 0.3) is 23.0 Å². The van der Waals surface area contributed by atoms with Gasteiger partial charge in [-0.2, -0.15) is 10.4 Å². The zero-order valence-corrected chi connectivity index (χ0v) is 19.7. The van der Waals surface area contributed by atoms with E-state index in [1.54, 1.807) is 17.7 Å². The number of para-hydroxylation sites is 1. The smallest absolute Gasteiger partial charge is 0.271 e. The van der Waals surface area contributed by atoms with Crippen molar-refractivity contribution in [3.05, 3.63) is 88.6 Å². The number of hydrogen-bond acceptors (Lipinski definition) is 4. The molecular weight excluding hydrogens is 424 g/mol. The maximum Gasteiger partial charge on any atom is 0.271 e. The van der Waals surface area contributed by atoms with Gasteiger partial charge in [0.1, 0.15) is 11.6 Å². The van der Waals surface area contributed by atoms with Crippen molar-refractivity contribution in [3.63, 3.8) is 0 Å². The Balaban J connectivity index is 1.93. The number of carbonyl (C=O) groups excluding carboxylic acids is 2. The fourth-order valence-electron chi connectivity index (χ4n) is 3.98. The minimum atomic E-state index is -0.532. The largest absolute Gasteiger partial charge is 0.271 e. The second-order valence-corrected chi connectivity index (χ2v) is 8.49. The highest BCUT2D eigenvalue weighted by atomic mass is 16.2. The van der Waals surface area contributed by atoms with E-state index in [2.05, 4.69) is 0 Å². The van der Waals surface area contributed by atoms with Crippen LogP contribution < -0.4 is 0 Å². The summed E-state index contributed by atoms with van der Waals surface area (Å²) in [7, 11) is 0. The Labute approximate surface area is 199 Å². The molecule has 1 unspecified atom stereocenters. The maximum absolute atomic E-state index is 13.4. The van der Waals surface area contributed by atoms with Crippen LogP contribution in [0.1, 0.15) is 38.3 Å². The molecular formula is C28H26N4O2. The number of amides is 2. The number of aryl methyl sites for hydroxylation is 1. The van der Waals surface area contributed by atoms with Crippen molar-refractivity contribution in [1.29, 1.82) is 5.26 Å². The fourth-order valence-corrected chi connectivity index (χ4v) is 3.98. The average molecular weight is 451 g/mol. The van der Waals surface area contributed by atoms with Gasteiger partial charge in [0, 0.05) is 28.9 Å². The summed E-state index contributed by atoms with van der Waals surface area (Å²) in [6, 6.07) is 19.4. The van der Waals surface area contributed by atoms with Gasteiger partial charge in [-0.3, -0.25) is 14.5 Å².